The molecule has 2 heterocycles. The van der Waals surface area contributed by atoms with E-state index in [1.807, 2.05) is 0 Å². The first-order valence-corrected chi connectivity index (χ1v) is 9.98. The Bertz CT molecular complexity index is 772. The molecule has 9 heteroatoms. The maximum Gasteiger partial charge on any atom is 0.414 e. The van der Waals surface area contributed by atoms with Crippen molar-refractivity contribution >= 4 is 29.5 Å². The van der Waals surface area contributed by atoms with Crippen LogP contribution in [-0.4, -0.2) is 50.4 Å². The van der Waals surface area contributed by atoms with Crippen LogP contribution in [0.25, 0.3) is 0 Å². The third kappa shape index (κ3) is 5.16. The minimum atomic E-state index is -0.627. The summed E-state index contributed by atoms with van der Waals surface area (Å²) in [7, 11) is 0. The lowest BCUT2D eigenvalue weighted by atomic mass is 10.1. The van der Waals surface area contributed by atoms with Gasteiger partial charge in [-0.1, -0.05) is 26.2 Å². The Labute approximate surface area is 168 Å². The fourth-order valence-electron chi connectivity index (χ4n) is 3.36. The molecule has 0 spiro atoms. The predicted molar refractivity (Wildman–Crippen MR) is 104 cm³/mol. The highest BCUT2D eigenvalue weighted by Gasteiger charge is 2.33. The molecule has 0 saturated carbocycles. The number of hydrogen-bond acceptors (Lipinski definition) is 5. The fourth-order valence-corrected chi connectivity index (χ4v) is 3.36. The van der Waals surface area contributed by atoms with Gasteiger partial charge in [0.15, 0.2) is 0 Å². The summed E-state index contributed by atoms with van der Waals surface area (Å²) in [5.74, 6) is -0.693. The van der Waals surface area contributed by atoms with Gasteiger partial charge in [-0.25, -0.2) is 14.0 Å². The van der Waals surface area contributed by atoms with E-state index < -0.39 is 24.1 Å². The Morgan fingerprint density at radius 2 is 2.03 bits per heavy atom. The van der Waals surface area contributed by atoms with E-state index in [9.17, 15) is 18.8 Å². The number of amides is 3. The van der Waals surface area contributed by atoms with Crippen molar-refractivity contribution in [2.24, 2.45) is 0 Å². The number of anilines is 2. The second kappa shape index (κ2) is 9.58. The number of ether oxygens (including phenoxy) is 2. The maximum atomic E-state index is 14.5. The van der Waals surface area contributed by atoms with Crippen LogP contribution in [0.3, 0.4) is 0 Å². The molecule has 1 aromatic carbocycles. The smallest absolute Gasteiger partial charge is 0.414 e. The van der Waals surface area contributed by atoms with E-state index in [1.54, 1.807) is 6.07 Å². The Morgan fingerprint density at radius 3 is 2.72 bits per heavy atom. The Balaban J connectivity index is 1.53. The van der Waals surface area contributed by atoms with Gasteiger partial charge < -0.3 is 14.8 Å². The predicted octanol–water partition coefficient (Wildman–Crippen LogP) is 3.19. The van der Waals surface area contributed by atoms with Crippen molar-refractivity contribution < 1.29 is 28.2 Å². The molecule has 158 valence electrons. The third-order valence-corrected chi connectivity index (χ3v) is 4.95. The topological polar surface area (TPSA) is 88.2 Å². The summed E-state index contributed by atoms with van der Waals surface area (Å²) in [5, 5.41) is 2.78. The van der Waals surface area contributed by atoms with Gasteiger partial charge >= 0.3 is 12.2 Å². The SMILES string of the molecule is CCCCCCC(=O)NC[C@@H]1CN(c2ccc(N3CCOC3=O)c(F)c2)C(=O)O1. The zero-order valence-electron chi connectivity index (χ0n) is 16.5. The van der Waals surface area contributed by atoms with Crippen molar-refractivity contribution in [3.8, 4) is 0 Å². The van der Waals surface area contributed by atoms with E-state index in [1.165, 1.54) is 21.9 Å². The first kappa shape index (κ1) is 20.9. The number of halogens is 1. The van der Waals surface area contributed by atoms with Crippen molar-refractivity contribution in [1.29, 1.82) is 0 Å². The number of carbonyl (C=O) groups excluding carboxylic acids is 3. The van der Waals surface area contributed by atoms with Gasteiger partial charge in [-0.05, 0) is 24.6 Å². The molecule has 2 saturated heterocycles. The Kier molecular flexibility index (Phi) is 6.90. The molecule has 2 fully saturated rings. The minimum absolute atomic E-state index is 0.0662. The van der Waals surface area contributed by atoms with Crippen molar-refractivity contribution in [1.82, 2.24) is 5.32 Å². The Hall–Kier alpha value is -2.84. The van der Waals surface area contributed by atoms with Crippen molar-refractivity contribution in [3.63, 3.8) is 0 Å². The second-order valence-electron chi connectivity index (χ2n) is 7.13. The first-order chi connectivity index (χ1) is 14.0. The molecule has 1 atom stereocenters. The summed E-state index contributed by atoms with van der Waals surface area (Å²) in [4.78, 5) is 38.2. The number of hydrogen-bond donors (Lipinski definition) is 1. The molecule has 0 aromatic heterocycles. The molecule has 0 aliphatic carbocycles. The van der Waals surface area contributed by atoms with E-state index in [2.05, 4.69) is 12.2 Å². The number of nitrogens with zero attached hydrogens (tertiary/aromatic N) is 2. The molecule has 1 aromatic rings. The Morgan fingerprint density at radius 1 is 1.21 bits per heavy atom. The standard InChI is InChI=1S/C20H26FN3O5/c1-2-3-4-5-6-18(25)22-12-15-13-24(20(27)29-15)14-7-8-17(16(21)11-14)23-9-10-28-19(23)26/h7-8,11,15H,2-6,9-10,12-13H2,1H3,(H,22,25)/t15-/m1/s1. The van der Waals surface area contributed by atoms with Crippen molar-refractivity contribution in [2.75, 3.05) is 36.0 Å². The summed E-state index contributed by atoms with van der Waals surface area (Å²) in [6, 6.07) is 4.19. The van der Waals surface area contributed by atoms with Gasteiger partial charge in [-0.15, -0.1) is 0 Å². The normalized spacial score (nSPS) is 18.8. The second-order valence-corrected chi connectivity index (χ2v) is 7.13. The van der Waals surface area contributed by atoms with Crippen LogP contribution in [0, 0.1) is 5.82 Å². The molecule has 29 heavy (non-hydrogen) atoms. The molecule has 0 radical (unpaired) electrons. The molecule has 2 aliphatic heterocycles. The lowest BCUT2D eigenvalue weighted by molar-refractivity contribution is -0.121. The lowest BCUT2D eigenvalue weighted by Gasteiger charge is -2.17. The zero-order valence-corrected chi connectivity index (χ0v) is 16.5. The lowest BCUT2D eigenvalue weighted by Crippen LogP contribution is -2.34. The van der Waals surface area contributed by atoms with E-state index in [0.717, 1.165) is 25.7 Å². The van der Waals surface area contributed by atoms with Gasteiger partial charge in [0.05, 0.1) is 31.0 Å². The van der Waals surface area contributed by atoms with E-state index in [0.29, 0.717) is 12.1 Å². The summed E-state index contributed by atoms with van der Waals surface area (Å²) in [6.45, 7) is 3.03. The number of cyclic esters (lactones) is 2. The van der Waals surface area contributed by atoms with Gasteiger partial charge in [0, 0.05) is 6.42 Å². The maximum absolute atomic E-state index is 14.5. The monoisotopic (exact) mass is 407 g/mol. The molecule has 1 N–H and O–H groups in total. The molecule has 2 aliphatic rings. The molecule has 0 bridgehead atoms. The average Bonchev–Trinajstić information content (AvgIpc) is 3.29. The highest BCUT2D eigenvalue weighted by Crippen LogP contribution is 2.29. The van der Waals surface area contributed by atoms with Gasteiger partial charge in [-0.3, -0.25) is 14.6 Å². The van der Waals surface area contributed by atoms with Crippen molar-refractivity contribution in [3.05, 3.63) is 24.0 Å². The quantitative estimate of drug-likeness (QED) is 0.635. The van der Waals surface area contributed by atoms with Gasteiger partial charge in [0.1, 0.15) is 18.5 Å². The molecule has 3 amide bonds. The number of nitrogens with one attached hydrogen (secondary N) is 1. The number of benzene rings is 1. The third-order valence-electron chi connectivity index (χ3n) is 4.95. The van der Waals surface area contributed by atoms with Crippen LogP contribution >= 0.6 is 0 Å². The van der Waals surface area contributed by atoms with E-state index in [-0.39, 0.29) is 37.8 Å². The van der Waals surface area contributed by atoms with Gasteiger partial charge in [-0.2, -0.15) is 0 Å². The summed E-state index contributed by atoms with van der Waals surface area (Å²) >= 11 is 0. The molecule has 3 rings (SSSR count). The van der Waals surface area contributed by atoms with Crippen LogP contribution in [0.5, 0.6) is 0 Å². The van der Waals surface area contributed by atoms with Crippen LogP contribution in [-0.2, 0) is 14.3 Å². The largest absolute Gasteiger partial charge is 0.447 e. The van der Waals surface area contributed by atoms with Crippen LogP contribution in [0.15, 0.2) is 18.2 Å². The molecule has 8 nitrogen and oxygen atoms in total. The first-order valence-electron chi connectivity index (χ1n) is 9.98. The van der Waals surface area contributed by atoms with Crippen LogP contribution in [0.1, 0.15) is 39.0 Å². The number of carbonyl (C=O) groups is 3. The molecular formula is C20H26FN3O5. The van der Waals surface area contributed by atoms with Crippen LogP contribution < -0.4 is 15.1 Å². The molecular weight excluding hydrogens is 381 g/mol. The van der Waals surface area contributed by atoms with E-state index in [4.69, 9.17) is 9.47 Å². The highest BCUT2D eigenvalue weighted by molar-refractivity contribution is 5.92. The zero-order chi connectivity index (χ0) is 20.8. The van der Waals surface area contributed by atoms with Gasteiger partial charge in [0.2, 0.25) is 5.91 Å². The highest BCUT2D eigenvalue weighted by atomic mass is 19.1. The van der Waals surface area contributed by atoms with E-state index >= 15 is 0 Å². The number of unbranched alkanes of at least 4 members (excludes halogenated alkanes) is 3. The molecule has 0 unspecified atom stereocenters. The van der Waals surface area contributed by atoms with Crippen molar-refractivity contribution in [2.45, 2.75) is 45.1 Å². The summed E-state index contributed by atoms with van der Waals surface area (Å²) in [5.41, 5.74) is 0.438. The number of rotatable bonds is 9. The van der Waals surface area contributed by atoms with Crippen LogP contribution in [0.4, 0.5) is 25.4 Å². The van der Waals surface area contributed by atoms with Crippen LogP contribution in [0.2, 0.25) is 0 Å². The minimum Gasteiger partial charge on any atom is -0.447 e. The average molecular weight is 407 g/mol. The summed E-state index contributed by atoms with van der Waals surface area (Å²) < 4.78 is 24.6. The van der Waals surface area contributed by atoms with Gasteiger partial charge in [0.25, 0.3) is 0 Å². The summed E-state index contributed by atoms with van der Waals surface area (Å²) in [6.07, 6.45) is 2.84. The fraction of sp³-hybridized carbons (Fsp3) is 0.550.